The summed E-state index contributed by atoms with van der Waals surface area (Å²) in [6, 6.07) is 6.63. The number of carbonyl (C=O) groups excluding carboxylic acids is 1. The second-order valence-corrected chi connectivity index (χ2v) is 5.88. The van der Waals surface area contributed by atoms with Gasteiger partial charge < -0.3 is 10.2 Å². The van der Waals surface area contributed by atoms with Gasteiger partial charge in [0, 0.05) is 25.8 Å². The standard InChI is InChI=1S/C17H21N5O3/c1-4-22(5-2)11-8-6-10(7-9-11)13-12-14(19-16(24)18-13)21(3)17(25)20-15(12)23/h6-9,13H,4-5H2,1-3H3,(H2,18,19,24)(H,20,23,25). The molecule has 1 aliphatic heterocycles. The Kier molecular flexibility index (Phi) is 4.35. The fraction of sp³-hybridized carbons (Fsp3) is 0.353. The van der Waals surface area contributed by atoms with Crippen LogP contribution in [0.4, 0.5) is 16.3 Å². The third kappa shape index (κ3) is 2.90. The van der Waals surface area contributed by atoms with Gasteiger partial charge in [-0.1, -0.05) is 12.1 Å². The highest BCUT2D eigenvalue weighted by atomic mass is 16.2. The molecule has 8 heteroatoms. The molecule has 25 heavy (non-hydrogen) atoms. The largest absolute Gasteiger partial charge is 0.372 e. The smallest absolute Gasteiger partial charge is 0.329 e. The number of anilines is 2. The number of amides is 2. The van der Waals surface area contributed by atoms with Crippen LogP contribution >= 0.6 is 0 Å². The molecule has 0 bridgehead atoms. The second kappa shape index (κ2) is 6.46. The van der Waals surface area contributed by atoms with Crippen molar-refractivity contribution in [1.82, 2.24) is 14.9 Å². The highest BCUT2D eigenvalue weighted by Crippen LogP contribution is 2.29. The number of nitrogens with zero attached hydrogens (tertiary/aromatic N) is 2. The van der Waals surface area contributed by atoms with Crippen LogP contribution in [0.3, 0.4) is 0 Å². The Balaban J connectivity index is 2.08. The molecule has 1 unspecified atom stereocenters. The maximum atomic E-state index is 12.3. The predicted molar refractivity (Wildman–Crippen MR) is 96.3 cm³/mol. The van der Waals surface area contributed by atoms with E-state index in [2.05, 4.69) is 34.4 Å². The first-order chi connectivity index (χ1) is 12.0. The van der Waals surface area contributed by atoms with Crippen molar-refractivity contribution >= 4 is 17.5 Å². The number of carbonyl (C=O) groups is 1. The molecule has 0 radical (unpaired) electrons. The summed E-state index contributed by atoms with van der Waals surface area (Å²) < 4.78 is 1.23. The van der Waals surface area contributed by atoms with Gasteiger partial charge in [0.15, 0.2) is 0 Å². The zero-order valence-corrected chi connectivity index (χ0v) is 14.4. The lowest BCUT2D eigenvalue weighted by molar-refractivity contribution is 0.248. The van der Waals surface area contributed by atoms with Gasteiger partial charge in [-0.3, -0.25) is 19.7 Å². The van der Waals surface area contributed by atoms with E-state index in [0.29, 0.717) is 5.56 Å². The zero-order valence-electron chi connectivity index (χ0n) is 14.4. The van der Waals surface area contributed by atoms with Crippen LogP contribution in [0.2, 0.25) is 0 Å². The molecule has 1 aliphatic rings. The normalized spacial score (nSPS) is 16.0. The van der Waals surface area contributed by atoms with Crippen molar-refractivity contribution in [2.45, 2.75) is 19.9 Å². The summed E-state index contributed by atoms with van der Waals surface area (Å²) in [5.41, 5.74) is 1.09. The lowest BCUT2D eigenvalue weighted by atomic mass is 9.98. The molecule has 0 saturated carbocycles. The number of aromatic amines is 1. The van der Waals surface area contributed by atoms with E-state index in [1.807, 2.05) is 24.3 Å². The van der Waals surface area contributed by atoms with Crippen molar-refractivity contribution in [2.24, 2.45) is 7.05 Å². The number of benzene rings is 1. The molecule has 8 nitrogen and oxygen atoms in total. The Hall–Kier alpha value is -3.03. The van der Waals surface area contributed by atoms with Crippen molar-refractivity contribution < 1.29 is 4.79 Å². The minimum absolute atomic E-state index is 0.218. The first-order valence-electron chi connectivity index (χ1n) is 8.21. The summed E-state index contributed by atoms with van der Waals surface area (Å²) in [5, 5.41) is 5.30. The monoisotopic (exact) mass is 343 g/mol. The zero-order chi connectivity index (χ0) is 18.1. The first-order valence-corrected chi connectivity index (χ1v) is 8.21. The van der Waals surface area contributed by atoms with E-state index in [0.717, 1.165) is 24.3 Å². The van der Waals surface area contributed by atoms with E-state index < -0.39 is 23.3 Å². The minimum Gasteiger partial charge on any atom is -0.372 e. The highest BCUT2D eigenvalue weighted by molar-refractivity contribution is 5.92. The maximum Gasteiger partial charge on any atom is 0.329 e. The summed E-state index contributed by atoms with van der Waals surface area (Å²) in [7, 11) is 1.50. The van der Waals surface area contributed by atoms with Crippen LogP contribution in [0.25, 0.3) is 0 Å². The number of H-pyrrole nitrogens is 1. The van der Waals surface area contributed by atoms with Crippen LogP contribution in [0, 0.1) is 0 Å². The maximum absolute atomic E-state index is 12.3. The van der Waals surface area contributed by atoms with Gasteiger partial charge in [0.1, 0.15) is 5.82 Å². The quantitative estimate of drug-likeness (QED) is 0.775. The van der Waals surface area contributed by atoms with Gasteiger partial charge in [0.2, 0.25) is 0 Å². The third-order valence-corrected chi connectivity index (χ3v) is 4.51. The van der Waals surface area contributed by atoms with Gasteiger partial charge >= 0.3 is 11.7 Å². The van der Waals surface area contributed by atoms with E-state index in [9.17, 15) is 14.4 Å². The van der Waals surface area contributed by atoms with Crippen molar-refractivity contribution in [1.29, 1.82) is 0 Å². The van der Waals surface area contributed by atoms with Crippen LogP contribution in [-0.4, -0.2) is 28.7 Å². The lowest BCUT2D eigenvalue weighted by Gasteiger charge is -2.28. The molecule has 0 spiro atoms. The fourth-order valence-corrected chi connectivity index (χ4v) is 3.12. The van der Waals surface area contributed by atoms with E-state index >= 15 is 0 Å². The molecule has 1 atom stereocenters. The Bertz CT molecular complexity index is 909. The van der Waals surface area contributed by atoms with Crippen LogP contribution < -0.4 is 26.8 Å². The molecule has 3 rings (SSSR count). The van der Waals surface area contributed by atoms with E-state index in [1.54, 1.807) is 0 Å². The molecule has 3 N–H and O–H groups in total. The number of rotatable bonds is 4. The van der Waals surface area contributed by atoms with Crippen LogP contribution in [0.15, 0.2) is 33.9 Å². The molecule has 2 amide bonds. The first kappa shape index (κ1) is 16.8. The number of urea groups is 1. The minimum atomic E-state index is -0.620. The van der Waals surface area contributed by atoms with Crippen molar-refractivity contribution in [2.75, 3.05) is 23.3 Å². The van der Waals surface area contributed by atoms with Crippen molar-refractivity contribution in [3.05, 3.63) is 56.2 Å². The van der Waals surface area contributed by atoms with E-state index in [4.69, 9.17) is 0 Å². The number of hydrogen-bond donors (Lipinski definition) is 3. The van der Waals surface area contributed by atoms with Crippen molar-refractivity contribution in [3.63, 3.8) is 0 Å². The molecule has 0 fully saturated rings. The summed E-state index contributed by atoms with van der Waals surface area (Å²) in [4.78, 5) is 40.6. The topological polar surface area (TPSA) is 99.2 Å². The molecule has 2 heterocycles. The van der Waals surface area contributed by atoms with E-state index in [1.165, 1.54) is 11.6 Å². The number of aromatic nitrogens is 2. The van der Waals surface area contributed by atoms with Crippen LogP contribution in [0.1, 0.15) is 31.0 Å². The number of nitrogens with one attached hydrogen (secondary N) is 3. The molecule has 2 aromatic rings. The molecule has 0 aliphatic carbocycles. The molecule has 0 saturated heterocycles. The highest BCUT2D eigenvalue weighted by Gasteiger charge is 2.30. The Morgan fingerprint density at radius 2 is 1.72 bits per heavy atom. The van der Waals surface area contributed by atoms with Crippen LogP contribution in [-0.2, 0) is 7.05 Å². The van der Waals surface area contributed by atoms with Gasteiger partial charge in [-0.25, -0.2) is 9.59 Å². The average molecular weight is 343 g/mol. The van der Waals surface area contributed by atoms with Crippen LogP contribution in [0.5, 0.6) is 0 Å². The van der Waals surface area contributed by atoms with Gasteiger partial charge in [-0.05, 0) is 31.5 Å². The Morgan fingerprint density at radius 3 is 2.32 bits per heavy atom. The van der Waals surface area contributed by atoms with Gasteiger partial charge in [-0.2, -0.15) is 0 Å². The predicted octanol–water partition coefficient (Wildman–Crippen LogP) is 1.14. The summed E-state index contributed by atoms with van der Waals surface area (Å²) in [6.45, 7) is 5.95. The second-order valence-electron chi connectivity index (χ2n) is 5.88. The van der Waals surface area contributed by atoms with Gasteiger partial charge in [0.25, 0.3) is 5.56 Å². The van der Waals surface area contributed by atoms with Crippen molar-refractivity contribution in [3.8, 4) is 0 Å². The third-order valence-electron chi connectivity index (χ3n) is 4.51. The molecule has 132 valence electrons. The lowest BCUT2D eigenvalue weighted by Crippen LogP contribution is -2.46. The average Bonchev–Trinajstić information content (AvgIpc) is 2.60. The summed E-state index contributed by atoms with van der Waals surface area (Å²) in [6.07, 6.45) is 0. The number of fused-ring (bicyclic) bond motifs is 1. The molecular formula is C17H21N5O3. The Morgan fingerprint density at radius 1 is 1.08 bits per heavy atom. The summed E-state index contributed by atoms with van der Waals surface area (Å²) in [5.74, 6) is 0.218. The van der Waals surface area contributed by atoms with Gasteiger partial charge in [-0.15, -0.1) is 0 Å². The summed E-state index contributed by atoms with van der Waals surface area (Å²) >= 11 is 0. The Labute approximate surface area is 144 Å². The SMILES string of the molecule is CCN(CC)c1ccc(C2NC(=O)Nc3c2c(=O)[nH]c(=O)n3C)cc1. The number of hydrogen-bond acceptors (Lipinski definition) is 4. The van der Waals surface area contributed by atoms with Gasteiger partial charge in [0.05, 0.1) is 11.6 Å². The molecule has 1 aromatic heterocycles. The molecule has 1 aromatic carbocycles. The fourth-order valence-electron chi connectivity index (χ4n) is 3.12. The van der Waals surface area contributed by atoms with E-state index in [-0.39, 0.29) is 5.82 Å². The molecular weight excluding hydrogens is 322 g/mol.